The van der Waals surface area contributed by atoms with Crippen LogP contribution in [0.4, 0.5) is 4.79 Å². The fourth-order valence-electron chi connectivity index (χ4n) is 1.43. The average Bonchev–Trinajstić information content (AvgIpc) is 2.19. The van der Waals surface area contributed by atoms with E-state index in [0.29, 0.717) is 11.5 Å². The van der Waals surface area contributed by atoms with Gasteiger partial charge in [-0.15, -0.1) is 0 Å². The Bertz CT molecular complexity index is 335. The number of esters is 1. The summed E-state index contributed by atoms with van der Waals surface area (Å²) in [6.45, 7) is 5.15. The molecule has 1 unspecified atom stereocenters. The Labute approximate surface area is 110 Å². The molecule has 7 heteroatoms. The Hall–Kier alpha value is -0.950. The van der Waals surface area contributed by atoms with Crippen molar-refractivity contribution in [3.63, 3.8) is 0 Å². The first kappa shape index (κ1) is 15.1. The molecule has 1 aliphatic rings. The van der Waals surface area contributed by atoms with E-state index >= 15 is 0 Å². The monoisotopic (exact) mass is 277 g/mol. The Balaban J connectivity index is 2.68. The average molecular weight is 277 g/mol. The third-order valence-electron chi connectivity index (χ3n) is 2.34. The summed E-state index contributed by atoms with van der Waals surface area (Å²) < 4.78 is 9.64. The summed E-state index contributed by atoms with van der Waals surface area (Å²) in [5.74, 6) is 0.0779. The summed E-state index contributed by atoms with van der Waals surface area (Å²) in [6, 6.07) is -1.10. The number of amides is 1. The maximum absolute atomic E-state index is 11.6. The van der Waals surface area contributed by atoms with E-state index in [4.69, 9.17) is 4.74 Å². The Morgan fingerprint density at radius 3 is 2.28 bits per heavy atom. The number of hydrogen-bond acceptors (Lipinski definition) is 6. The van der Waals surface area contributed by atoms with Gasteiger partial charge in [0.2, 0.25) is 0 Å². The summed E-state index contributed by atoms with van der Waals surface area (Å²) in [5, 5.41) is 12.5. The lowest BCUT2D eigenvalue weighted by atomic mass is 9.97. The molecule has 0 bridgehead atoms. The van der Waals surface area contributed by atoms with Gasteiger partial charge in [0, 0.05) is 11.5 Å². The van der Waals surface area contributed by atoms with Crippen molar-refractivity contribution in [1.82, 2.24) is 5.32 Å². The highest BCUT2D eigenvalue weighted by atomic mass is 32.2. The number of thioether (sulfide) groups is 1. The lowest BCUT2D eigenvalue weighted by Crippen LogP contribution is -2.64. The molecule has 0 aliphatic carbocycles. The summed E-state index contributed by atoms with van der Waals surface area (Å²) in [6.07, 6.45) is -0.747. The first-order chi connectivity index (χ1) is 8.18. The molecule has 0 aromatic rings. The van der Waals surface area contributed by atoms with E-state index in [1.54, 1.807) is 20.8 Å². The van der Waals surface area contributed by atoms with Crippen LogP contribution in [0.5, 0.6) is 0 Å². The summed E-state index contributed by atoms with van der Waals surface area (Å²) >= 11 is 1.49. The van der Waals surface area contributed by atoms with Crippen LogP contribution >= 0.6 is 11.8 Å². The smallest absolute Gasteiger partial charge is 0.408 e. The van der Waals surface area contributed by atoms with E-state index in [9.17, 15) is 14.7 Å². The van der Waals surface area contributed by atoms with Crippen LogP contribution in [0.1, 0.15) is 20.8 Å². The van der Waals surface area contributed by atoms with Crippen molar-refractivity contribution < 1.29 is 24.2 Å². The summed E-state index contributed by atoms with van der Waals surface area (Å²) in [5.41, 5.74) is -1.92. The molecular formula is C11H19NO5S. The fraction of sp³-hybridized carbons (Fsp3) is 0.818. The molecule has 1 atom stereocenters. The predicted molar refractivity (Wildman–Crippen MR) is 67.4 cm³/mol. The van der Waals surface area contributed by atoms with Crippen LogP contribution < -0.4 is 5.32 Å². The van der Waals surface area contributed by atoms with E-state index < -0.39 is 29.3 Å². The molecule has 1 fully saturated rings. The Morgan fingerprint density at radius 1 is 1.39 bits per heavy atom. The van der Waals surface area contributed by atoms with Crippen LogP contribution in [0, 0.1) is 0 Å². The van der Waals surface area contributed by atoms with Gasteiger partial charge in [0.15, 0.2) is 6.04 Å². The lowest BCUT2D eigenvalue weighted by molar-refractivity contribution is -0.149. The number of ether oxygens (including phenoxy) is 2. The molecule has 1 amide bonds. The van der Waals surface area contributed by atoms with Crippen LogP contribution in [0.15, 0.2) is 0 Å². The van der Waals surface area contributed by atoms with Crippen LogP contribution in [0.25, 0.3) is 0 Å². The zero-order valence-corrected chi connectivity index (χ0v) is 11.8. The molecule has 1 rings (SSSR count). The fourth-order valence-corrected chi connectivity index (χ4v) is 2.39. The number of hydrogen-bond donors (Lipinski definition) is 2. The number of rotatable bonds is 3. The van der Waals surface area contributed by atoms with Crippen molar-refractivity contribution in [3.05, 3.63) is 0 Å². The van der Waals surface area contributed by atoms with E-state index in [1.807, 2.05) is 0 Å². The highest BCUT2D eigenvalue weighted by molar-refractivity contribution is 8.00. The van der Waals surface area contributed by atoms with Crippen molar-refractivity contribution in [2.24, 2.45) is 0 Å². The third kappa shape index (κ3) is 3.78. The minimum absolute atomic E-state index is 0.378. The van der Waals surface area contributed by atoms with Gasteiger partial charge in [-0.3, -0.25) is 0 Å². The molecule has 0 saturated carbocycles. The Kier molecular flexibility index (Phi) is 4.50. The number of aliphatic hydroxyl groups is 1. The minimum atomic E-state index is -1.26. The second-order valence-electron chi connectivity index (χ2n) is 5.20. The molecule has 0 aromatic carbocycles. The van der Waals surface area contributed by atoms with Crippen molar-refractivity contribution in [2.75, 3.05) is 18.6 Å². The molecule has 104 valence electrons. The molecule has 1 saturated heterocycles. The van der Waals surface area contributed by atoms with Gasteiger partial charge in [-0.1, -0.05) is 0 Å². The van der Waals surface area contributed by atoms with Gasteiger partial charge in [-0.05, 0) is 20.8 Å². The van der Waals surface area contributed by atoms with Gasteiger partial charge < -0.3 is 19.9 Å². The van der Waals surface area contributed by atoms with Gasteiger partial charge in [0.05, 0.1) is 7.11 Å². The Morgan fingerprint density at radius 2 is 1.94 bits per heavy atom. The van der Waals surface area contributed by atoms with Crippen molar-refractivity contribution in [2.45, 2.75) is 38.0 Å². The first-order valence-corrected chi connectivity index (χ1v) is 6.71. The SMILES string of the molecule is COC(=O)C(NC(=O)OC(C)(C)C)C1(O)CSC1. The second kappa shape index (κ2) is 5.36. The molecule has 2 N–H and O–H groups in total. The van der Waals surface area contributed by atoms with Gasteiger partial charge in [0.1, 0.15) is 11.2 Å². The lowest BCUT2D eigenvalue weighted by Gasteiger charge is -2.40. The molecule has 6 nitrogen and oxygen atoms in total. The quantitative estimate of drug-likeness (QED) is 0.732. The third-order valence-corrected chi connectivity index (χ3v) is 3.75. The van der Waals surface area contributed by atoms with Crippen molar-refractivity contribution in [3.8, 4) is 0 Å². The first-order valence-electron chi connectivity index (χ1n) is 5.55. The zero-order valence-electron chi connectivity index (χ0n) is 11.0. The van der Waals surface area contributed by atoms with Gasteiger partial charge in [-0.2, -0.15) is 11.8 Å². The molecule has 0 aromatic heterocycles. The largest absolute Gasteiger partial charge is 0.467 e. The van der Waals surface area contributed by atoms with Gasteiger partial charge in [-0.25, -0.2) is 9.59 Å². The van der Waals surface area contributed by atoms with Crippen LogP contribution in [0.2, 0.25) is 0 Å². The maximum Gasteiger partial charge on any atom is 0.408 e. The van der Waals surface area contributed by atoms with Gasteiger partial charge >= 0.3 is 12.1 Å². The second-order valence-corrected chi connectivity index (χ2v) is 6.18. The van der Waals surface area contributed by atoms with E-state index in [2.05, 4.69) is 10.1 Å². The molecular weight excluding hydrogens is 258 g/mol. The molecule has 1 heterocycles. The predicted octanol–water partition coefficient (Wildman–Crippen LogP) is 0.531. The number of carbonyl (C=O) groups is 2. The maximum atomic E-state index is 11.6. The summed E-state index contributed by atoms with van der Waals surface area (Å²) in [7, 11) is 1.21. The van der Waals surface area contributed by atoms with Crippen LogP contribution in [-0.2, 0) is 14.3 Å². The van der Waals surface area contributed by atoms with E-state index in [-0.39, 0.29) is 0 Å². The molecule has 0 radical (unpaired) electrons. The highest BCUT2D eigenvalue weighted by Gasteiger charge is 2.49. The van der Waals surface area contributed by atoms with Gasteiger partial charge in [0.25, 0.3) is 0 Å². The standard InChI is InChI=1S/C11H19NO5S/c1-10(2,3)17-9(14)12-7(8(13)16-4)11(15)5-18-6-11/h7,15H,5-6H2,1-4H3,(H,12,14). The highest BCUT2D eigenvalue weighted by Crippen LogP contribution is 2.32. The van der Waals surface area contributed by atoms with Crippen molar-refractivity contribution >= 4 is 23.8 Å². The minimum Gasteiger partial charge on any atom is -0.467 e. The number of nitrogens with one attached hydrogen (secondary N) is 1. The zero-order chi connectivity index (χ0) is 14.0. The number of methoxy groups -OCH3 is 1. The normalized spacial score (nSPS) is 19.4. The molecule has 18 heavy (non-hydrogen) atoms. The number of alkyl carbamates (subject to hydrolysis) is 1. The molecule has 0 spiro atoms. The topological polar surface area (TPSA) is 84.9 Å². The van der Waals surface area contributed by atoms with Crippen LogP contribution in [-0.4, -0.2) is 53.0 Å². The summed E-state index contributed by atoms with van der Waals surface area (Å²) in [4.78, 5) is 23.2. The van der Waals surface area contributed by atoms with Crippen molar-refractivity contribution in [1.29, 1.82) is 0 Å². The molecule has 1 aliphatic heterocycles. The number of carbonyl (C=O) groups excluding carboxylic acids is 2. The van der Waals surface area contributed by atoms with E-state index in [1.165, 1.54) is 18.9 Å². The van der Waals surface area contributed by atoms with Crippen LogP contribution in [0.3, 0.4) is 0 Å². The van der Waals surface area contributed by atoms with E-state index in [0.717, 1.165) is 0 Å².